The number of para-hydroxylation sites is 1. The third-order valence-corrected chi connectivity index (χ3v) is 4.16. The van der Waals surface area contributed by atoms with Gasteiger partial charge in [0.15, 0.2) is 11.5 Å². The van der Waals surface area contributed by atoms with Gasteiger partial charge in [-0.15, -0.1) is 0 Å². The van der Waals surface area contributed by atoms with Crippen LogP contribution in [0.1, 0.15) is 16.1 Å². The molecule has 0 atom stereocenters. The van der Waals surface area contributed by atoms with E-state index in [-0.39, 0.29) is 50.2 Å². The summed E-state index contributed by atoms with van der Waals surface area (Å²) >= 11 is 3.14. The topological polar surface area (TPSA) is 160 Å². The molecule has 0 saturated heterocycles. The number of halogens is 1. The minimum absolute atomic E-state index is 0.0324. The number of aliphatic hydroxyl groups excluding tert-OH is 1. The molecule has 0 saturated carbocycles. The Morgan fingerprint density at radius 1 is 1.30 bits per heavy atom. The van der Waals surface area contributed by atoms with E-state index >= 15 is 0 Å². The largest absolute Gasteiger partial charge is 0.489 e. The molecule has 0 aliphatic carbocycles. The van der Waals surface area contributed by atoms with Crippen LogP contribution in [0.5, 0.6) is 5.75 Å². The molecular weight excluding hydrogens is 462 g/mol. The number of hydrogen-bond donors (Lipinski definition) is 4. The van der Waals surface area contributed by atoms with Crippen LogP contribution in [0.25, 0.3) is 0 Å². The fourth-order valence-corrected chi connectivity index (χ4v) is 2.68. The molecule has 2 rings (SSSR count). The number of nitrogens with one attached hydrogen (secondary N) is 1. The number of aliphatic hydroxyl groups is 1. The molecule has 0 aliphatic rings. The fourth-order valence-electron chi connectivity index (χ4n) is 2.40. The van der Waals surface area contributed by atoms with Gasteiger partial charge in [-0.05, 0) is 22.0 Å². The number of benzene rings is 1. The van der Waals surface area contributed by atoms with Gasteiger partial charge in [-0.2, -0.15) is 0 Å². The number of hydrogen-bond acceptors (Lipinski definition) is 8. The number of nitrogens with two attached hydrogens (primary N) is 1. The van der Waals surface area contributed by atoms with Crippen molar-refractivity contribution in [2.75, 3.05) is 44.5 Å². The normalized spacial score (nSPS) is 10.5. The number of nitrogens with zero attached hydrogens (tertiary/aromatic N) is 3. The summed E-state index contributed by atoms with van der Waals surface area (Å²) < 4.78 is 11.3. The maximum atomic E-state index is 12.7. The Morgan fingerprint density at radius 2 is 2.07 bits per heavy atom. The predicted octanol–water partition coefficient (Wildman–Crippen LogP) is 1.57. The van der Waals surface area contributed by atoms with Crippen LogP contribution in [0.15, 0.2) is 29.0 Å². The third kappa shape index (κ3) is 6.54. The average molecular weight is 484 g/mol. The molecule has 1 heterocycles. The standard InChI is InChI=1S/C18H22BrN5O6/c1-24(18(27)28)10-11-3-2-4-12(15(11)30-8-7-29-6-5-25)22-17(26)14-16(20)21-9-13(19)23-14/h2-4,9,25H,5-8,10H2,1H3,(H2,20,21)(H,22,26)(H,27,28). The van der Waals surface area contributed by atoms with Crippen molar-refractivity contribution in [3.05, 3.63) is 40.3 Å². The summed E-state index contributed by atoms with van der Waals surface area (Å²) in [4.78, 5) is 32.9. The quantitative estimate of drug-likeness (QED) is 0.367. The molecule has 12 heteroatoms. The summed E-state index contributed by atoms with van der Waals surface area (Å²) in [5, 5.41) is 20.6. The minimum Gasteiger partial charge on any atom is -0.489 e. The molecule has 0 fully saturated rings. The molecule has 1 aromatic heterocycles. The molecule has 1 aromatic carbocycles. The number of nitrogen functional groups attached to an aromatic ring is 1. The Morgan fingerprint density at radius 3 is 2.77 bits per heavy atom. The van der Waals surface area contributed by atoms with Crippen LogP contribution in [-0.2, 0) is 11.3 Å². The van der Waals surface area contributed by atoms with E-state index in [1.165, 1.54) is 13.2 Å². The lowest BCUT2D eigenvalue weighted by molar-refractivity contribution is 0.0702. The van der Waals surface area contributed by atoms with E-state index < -0.39 is 12.0 Å². The molecule has 30 heavy (non-hydrogen) atoms. The molecule has 0 radical (unpaired) electrons. The van der Waals surface area contributed by atoms with E-state index in [0.717, 1.165) is 4.90 Å². The number of rotatable bonds is 10. The van der Waals surface area contributed by atoms with Gasteiger partial charge in [-0.1, -0.05) is 12.1 Å². The smallest absolute Gasteiger partial charge is 0.407 e. The van der Waals surface area contributed by atoms with Crippen molar-refractivity contribution in [1.29, 1.82) is 0 Å². The second-order valence-electron chi connectivity index (χ2n) is 6.00. The van der Waals surface area contributed by atoms with Crippen LogP contribution in [0.2, 0.25) is 0 Å². The summed E-state index contributed by atoms with van der Waals surface area (Å²) in [5.41, 5.74) is 6.51. The molecule has 0 unspecified atom stereocenters. The number of amides is 2. The Bertz CT molecular complexity index is 897. The molecule has 0 spiro atoms. The highest BCUT2D eigenvalue weighted by molar-refractivity contribution is 9.10. The number of carbonyl (C=O) groups excluding carboxylic acids is 1. The van der Waals surface area contributed by atoms with E-state index in [1.807, 2.05) is 0 Å². The van der Waals surface area contributed by atoms with E-state index in [9.17, 15) is 9.59 Å². The van der Waals surface area contributed by atoms with Gasteiger partial charge >= 0.3 is 6.09 Å². The van der Waals surface area contributed by atoms with Crippen molar-refractivity contribution in [2.45, 2.75) is 6.54 Å². The first-order valence-electron chi connectivity index (χ1n) is 8.80. The van der Waals surface area contributed by atoms with Gasteiger partial charge in [-0.25, -0.2) is 14.8 Å². The van der Waals surface area contributed by atoms with Crippen molar-refractivity contribution in [3.8, 4) is 5.75 Å². The molecule has 2 aromatic rings. The van der Waals surface area contributed by atoms with Gasteiger partial charge in [0.05, 0.1) is 38.2 Å². The van der Waals surface area contributed by atoms with Crippen molar-refractivity contribution < 1.29 is 29.3 Å². The summed E-state index contributed by atoms with van der Waals surface area (Å²) in [6.45, 7) is 0.398. The molecule has 0 bridgehead atoms. The fraction of sp³-hybridized carbons (Fsp3) is 0.333. The number of anilines is 2. The van der Waals surface area contributed by atoms with Gasteiger partial charge in [0.1, 0.15) is 17.0 Å². The highest BCUT2D eigenvalue weighted by Gasteiger charge is 2.19. The lowest BCUT2D eigenvalue weighted by Crippen LogP contribution is -2.25. The first kappa shape index (κ1) is 23.3. The SMILES string of the molecule is CN(Cc1cccc(NC(=O)c2nc(Br)cnc2N)c1OCCOCCO)C(=O)O. The summed E-state index contributed by atoms with van der Waals surface area (Å²) in [5.74, 6) is -0.364. The van der Waals surface area contributed by atoms with Crippen LogP contribution < -0.4 is 15.8 Å². The monoisotopic (exact) mass is 483 g/mol. The van der Waals surface area contributed by atoms with Crippen LogP contribution in [0.4, 0.5) is 16.3 Å². The van der Waals surface area contributed by atoms with Gasteiger partial charge in [0.2, 0.25) is 0 Å². The highest BCUT2D eigenvalue weighted by Crippen LogP contribution is 2.31. The first-order chi connectivity index (χ1) is 14.3. The second kappa shape index (κ2) is 11.3. The number of carboxylic acid groups (broad SMARTS) is 1. The minimum atomic E-state index is -1.11. The Balaban J connectivity index is 2.28. The molecular formula is C18H22BrN5O6. The molecule has 2 amide bonds. The maximum absolute atomic E-state index is 12.7. The van der Waals surface area contributed by atoms with Crippen LogP contribution >= 0.6 is 15.9 Å². The average Bonchev–Trinajstić information content (AvgIpc) is 2.71. The van der Waals surface area contributed by atoms with E-state index in [2.05, 4.69) is 31.2 Å². The zero-order valence-corrected chi connectivity index (χ0v) is 17.8. The molecule has 0 aliphatic heterocycles. The van der Waals surface area contributed by atoms with Crippen LogP contribution in [0.3, 0.4) is 0 Å². The van der Waals surface area contributed by atoms with Gasteiger partial charge in [-0.3, -0.25) is 4.79 Å². The van der Waals surface area contributed by atoms with E-state index in [1.54, 1.807) is 18.2 Å². The zero-order valence-electron chi connectivity index (χ0n) is 16.2. The highest BCUT2D eigenvalue weighted by atomic mass is 79.9. The van der Waals surface area contributed by atoms with E-state index in [4.69, 9.17) is 25.4 Å². The van der Waals surface area contributed by atoms with Gasteiger partial charge in [0, 0.05) is 12.6 Å². The van der Waals surface area contributed by atoms with Crippen LogP contribution in [0, 0.1) is 0 Å². The Kier molecular flexibility index (Phi) is 8.77. The third-order valence-electron chi connectivity index (χ3n) is 3.78. The molecule has 5 N–H and O–H groups in total. The summed E-state index contributed by atoms with van der Waals surface area (Å²) in [6, 6.07) is 4.95. The van der Waals surface area contributed by atoms with Crippen molar-refractivity contribution >= 4 is 39.4 Å². The molecule has 11 nitrogen and oxygen atoms in total. The van der Waals surface area contributed by atoms with Gasteiger partial charge < -0.3 is 35.6 Å². The maximum Gasteiger partial charge on any atom is 0.407 e. The first-order valence-corrected chi connectivity index (χ1v) is 9.59. The Hall–Kier alpha value is -2.96. The lowest BCUT2D eigenvalue weighted by atomic mass is 10.1. The van der Waals surface area contributed by atoms with Crippen LogP contribution in [-0.4, -0.2) is 70.6 Å². The summed E-state index contributed by atoms with van der Waals surface area (Å²) in [7, 11) is 1.42. The second-order valence-corrected chi connectivity index (χ2v) is 6.81. The van der Waals surface area contributed by atoms with Crippen molar-refractivity contribution in [2.24, 2.45) is 0 Å². The lowest BCUT2D eigenvalue weighted by Gasteiger charge is -2.19. The number of aromatic nitrogens is 2. The molecule has 162 valence electrons. The Labute approximate surface area is 181 Å². The van der Waals surface area contributed by atoms with Gasteiger partial charge in [0.25, 0.3) is 5.91 Å². The number of ether oxygens (including phenoxy) is 2. The van der Waals surface area contributed by atoms with E-state index in [0.29, 0.717) is 15.9 Å². The van der Waals surface area contributed by atoms with Crippen molar-refractivity contribution in [1.82, 2.24) is 14.9 Å². The van der Waals surface area contributed by atoms with Crippen molar-refractivity contribution in [3.63, 3.8) is 0 Å². The number of carbonyl (C=O) groups is 2. The predicted molar refractivity (Wildman–Crippen MR) is 111 cm³/mol. The zero-order chi connectivity index (χ0) is 22.1. The summed E-state index contributed by atoms with van der Waals surface area (Å²) in [6.07, 6.45) is 0.258.